The lowest BCUT2D eigenvalue weighted by atomic mass is 10.4. The van der Waals surface area contributed by atoms with Gasteiger partial charge >= 0.3 is 0 Å². The van der Waals surface area contributed by atoms with Gasteiger partial charge in [0.2, 0.25) is 0 Å². The van der Waals surface area contributed by atoms with E-state index in [0.29, 0.717) is 6.54 Å². The highest BCUT2D eigenvalue weighted by atomic mass is 15.2. The molecule has 0 amide bonds. The lowest BCUT2D eigenvalue weighted by molar-refractivity contribution is 0.267. The summed E-state index contributed by atoms with van der Waals surface area (Å²) < 4.78 is 0. The summed E-state index contributed by atoms with van der Waals surface area (Å²) in [5.41, 5.74) is 0. The van der Waals surface area contributed by atoms with E-state index < -0.39 is 0 Å². The number of hydrogen-bond acceptors (Lipinski definition) is 3. The fourth-order valence-electron chi connectivity index (χ4n) is 0.969. The average molecular weight is 125 g/mol. The van der Waals surface area contributed by atoms with Crippen LogP contribution < -0.4 is 5.32 Å². The maximum absolute atomic E-state index is 8.31. The Bertz CT molecular complexity index is 110. The molecule has 50 valence electrons. The lowest BCUT2D eigenvalue weighted by Crippen LogP contribution is -2.43. The predicted molar refractivity (Wildman–Crippen MR) is 34.9 cm³/mol. The van der Waals surface area contributed by atoms with Crippen molar-refractivity contribution >= 4 is 0 Å². The molecule has 0 bridgehead atoms. The summed E-state index contributed by atoms with van der Waals surface area (Å²) in [5, 5.41) is 11.5. The zero-order valence-electron chi connectivity index (χ0n) is 5.43. The second-order valence-corrected chi connectivity index (χ2v) is 2.18. The van der Waals surface area contributed by atoms with Crippen LogP contribution in [0.2, 0.25) is 0 Å². The Balaban J connectivity index is 2.17. The molecule has 0 unspecified atom stereocenters. The van der Waals surface area contributed by atoms with Crippen LogP contribution >= 0.6 is 0 Å². The summed E-state index contributed by atoms with van der Waals surface area (Å²) in [6.07, 6.45) is 0. The van der Waals surface area contributed by atoms with Crippen LogP contribution in [0.4, 0.5) is 0 Å². The second kappa shape index (κ2) is 3.44. The molecule has 0 saturated carbocycles. The number of nitriles is 1. The summed E-state index contributed by atoms with van der Waals surface area (Å²) in [7, 11) is 0. The van der Waals surface area contributed by atoms with Crippen molar-refractivity contribution in [3.63, 3.8) is 0 Å². The Labute approximate surface area is 55.3 Å². The first-order chi connectivity index (χ1) is 4.43. The molecule has 9 heavy (non-hydrogen) atoms. The Hall–Kier alpha value is -0.590. The third-order valence-corrected chi connectivity index (χ3v) is 1.50. The van der Waals surface area contributed by atoms with E-state index in [1.54, 1.807) is 0 Å². The van der Waals surface area contributed by atoms with Crippen LogP contribution in [0.1, 0.15) is 0 Å². The van der Waals surface area contributed by atoms with Gasteiger partial charge in [-0.3, -0.25) is 4.90 Å². The molecule has 1 N–H and O–H groups in total. The molecule has 1 aliphatic rings. The quantitative estimate of drug-likeness (QED) is 0.476. The maximum Gasteiger partial charge on any atom is 0.0866 e. The van der Waals surface area contributed by atoms with Gasteiger partial charge in [-0.2, -0.15) is 5.26 Å². The molecule has 1 aliphatic heterocycles. The third-order valence-electron chi connectivity index (χ3n) is 1.50. The van der Waals surface area contributed by atoms with Crippen molar-refractivity contribution in [2.75, 3.05) is 32.7 Å². The summed E-state index contributed by atoms with van der Waals surface area (Å²) >= 11 is 0. The predicted octanol–water partition coefficient (Wildman–Crippen LogP) is -0.585. The number of piperazine rings is 1. The van der Waals surface area contributed by atoms with Crippen LogP contribution in [-0.4, -0.2) is 37.6 Å². The summed E-state index contributed by atoms with van der Waals surface area (Å²) in [6.45, 7) is 4.69. The second-order valence-electron chi connectivity index (χ2n) is 2.18. The molecule has 1 fully saturated rings. The third kappa shape index (κ3) is 2.00. The highest BCUT2D eigenvalue weighted by molar-refractivity contribution is 4.79. The van der Waals surface area contributed by atoms with Crippen LogP contribution in [0.5, 0.6) is 0 Å². The highest BCUT2D eigenvalue weighted by Gasteiger charge is 2.06. The molecular weight excluding hydrogens is 114 g/mol. The number of hydrogen-bond donors (Lipinski definition) is 1. The maximum atomic E-state index is 8.31. The zero-order chi connectivity index (χ0) is 6.53. The van der Waals surface area contributed by atoms with E-state index in [4.69, 9.17) is 5.26 Å². The molecule has 0 aromatic rings. The number of nitrogens with one attached hydrogen (secondary N) is 1. The Morgan fingerprint density at radius 2 is 2.11 bits per heavy atom. The van der Waals surface area contributed by atoms with Gasteiger partial charge in [0.05, 0.1) is 12.6 Å². The Kier molecular flexibility index (Phi) is 2.49. The van der Waals surface area contributed by atoms with Crippen molar-refractivity contribution < 1.29 is 0 Å². The minimum absolute atomic E-state index is 0.585. The van der Waals surface area contributed by atoms with Crippen LogP contribution in [0.25, 0.3) is 0 Å². The largest absolute Gasteiger partial charge is 0.314 e. The van der Waals surface area contributed by atoms with Gasteiger partial charge in [-0.05, 0) is 0 Å². The van der Waals surface area contributed by atoms with E-state index in [2.05, 4.69) is 16.3 Å². The number of rotatable bonds is 1. The van der Waals surface area contributed by atoms with Gasteiger partial charge in [0, 0.05) is 26.2 Å². The Morgan fingerprint density at radius 1 is 1.44 bits per heavy atom. The molecule has 0 spiro atoms. The van der Waals surface area contributed by atoms with Gasteiger partial charge in [0.15, 0.2) is 0 Å². The Morgan fingerprint density at radius 3 is 2.67 bits per heavy atom. The van der Waals surface area contributed by atoms with Crippen LogP contribution in [0.3, 0.4) is 0 Å². The first kappa shape index (κ1) is 6.53. The fraction of sp³-hybridized carbons (Fsp3) is 0.833. The fourth-order valence-corrected chi connectivity index (χ4v) is 0.969. The lowest BCUT2D eigenvalue weighted by Gasteiger charge is -2.24. The SMILES string of the molecule is N#CCN1CCNCC1. The topological polar surface area (TPSA) is 39.1 Å². The molecule has 0 radical (unpaired) electrons. The van der Waals surface area contributed by atoms with Crippen molar-refractivity contribution in [3.05, 3.63) is 0 Å². The normalized spacial score (nSPS) is 21.2. The van der Waals surface area contributed by atoms with Gasteiger partial charge in [-0.15, -0.1) is 0 Å². The molecule has 0 aromatic heterocycles. The van der Waals surface area contributed by atoms with Crippen LogP contribution in [0, 0.1) is 11.3 Å². The van der Waals surface area contributed by atoms with Gasteiger partial charge in [-0.25, -0.2) is 0 Å². The van der Waals surface area contributed by atoms with Crippen molar-refractivity contribution in [2.45, 2.75) is 0 Å². The van der Waals surface area contributed by atoms with Gasteiger partial charge in [0.1, 0.15) is 0 Å². The molecule has 3 nitrogen and oxygen atoms in total. The van der Waals surface area contributed by atoms with E-state index in [0.717, 1.165) is 26.2 Å². The molecule has 1 saturated heterocycles. The molecule has 1 rings (SSSR count). The van der Waals surface area contributed by atoms with Crippen molar-refractivity contribution in [2.24, 2.45) is 0 Å². The minimum atomic E-state index is 0.585. The van der Waals surface area contributed by atoms with E-state index in [9.17, 15) is 0 Å². The summed E-state index contributed by atoms with van der Waals surface area (Å²) in [6, 6.07) is 2.14. The van der Waals surface area contributed by atoms with Gasteiger partial charge < -0.3 is 5.32 Å². The van der Waals surface area contributed by atoms with Crippen molar-refractivity contribution in [3.8, 4) is 6.07 Å². The smallest absolute Gasteiger partial charge is 0.0866 e. The van der Waals surface area contributed by atoms with Gasteiger partial charge in [-0.1, -0.05) is 0 Å². The first-order valence-corrected chi connectivity index (χ1v) is 3.23. The minimum Gasteiger partial charge on any atom is -0.314 e. The summed E-state index contributed by atoms with van der Waals surface area (Å²) in [5.74, 6) is 0. The van der Waals surface area contributed by atoms with E-state index in [-0.39, 0.29) is 0 Å². The van der Waals surface area contributed by atoms with Crippen molar-refractivity contribution in [1.82, 2.24) is 10.2 Å². The van der Waals surface area contributed by atoms with E-state index >= 15 is 0 Å². The molecule has 0 aromatic carbocycles. The van der Waals surface area contributed by atoms with E-state index in [1.807, 2.05) is 0 Å². The number of nitrogens with zero attached hydrogens (tertiary/aromatic N) is 2. The highest BCUT2D eigenvalue weighted by Crippen LogP contribution is 1.88. The van der Waals surface area contributed by atoms with Gasteiger partial charge in [0.25, 0.3) is 0 Å². The molecule has 3 heteroatoms. The van der Waals surface area contributed by atoms with Crippen molar-refractivity contribution in [1.29, 1.82) is 5.26 Å². The molecule has 1 heterocycles. The monoisotopic (exact) mass is 125 g/mol. The standard InChI is InChI=1S/C6H11N3/c7-1-4-9-5-2-8-3-6-9/h8H,2-6H2. The zero-order valence-corrected chi connectivity index (χ0v) is 5.43. The molecular formula is C6H11N3. The van der Waals surface area contributed by atoms with Crippen LogP contribution in [-0.2, 0) is 0 Å². The molecule has 0 atom stereocenters. The van der Waals surface area contributed by atoms with Crippen LogP contribution in [0.15, 0.2) is 0 Å². The molecule has 0 aliphatic carbocycles. The van der Waals surface area contributed by atoms with E-state index in [1.165, 1.54) is 0 Å². The first-order valence-electron chi connectivity index (χ1n) is 3.23. The summed E-state index contributed by atoms with van der Waals surface area (Å²) in [4.78, 5) is 2.15. The average Bonchev–Trinajstić information content (AvgIpc) is 1.91.